The molecule has 0 unspecified atom stereocenters. The third-order valence-electron chi connectivity index (χ3n) is 4.02. The van der Waals surface area contributed by atoms with Crippen LogP contribution < -0.4 is 5.73 Å². The summed E-state index contributed by atoms with van der Waals surface area (Å²) in [6.45, 7) is 0. The zero-order valence-electron chi connectivity index (χ0n) is 12.0. The van der Waals surface area contributed by atoms with E-state index in [-0.39, 0.29) is 5.82 Å². The lowest BCUT2D eigenvalue weighted by molar-refractivity contribution is 0.624. The number of anilines is 1. The van der Waals surface area contributed by atoms with E-state index in [1.807, 2.05) is 10.7 Å². The lowest BCUT2D eigenvalue weighted by atomic mass is 10.1. The van der Waals surface area contributed by atoms with Crippen LogP contribution in [0.25, 0.3) is 11.0 Å². The lowest BCUT2D eigenvalue weighted by Gasteiger charge is -2.01. The van der Waals surface area contributed by atoms with Crippen molar-refractivity contribution in [3.05, 3.63) is 47.7 Å². The predicted octanol–water partition coefficient (Wildman–Crippen LogP) is 2.67. The number of hydrogen-bond donors (Lipinski definition) is 1. The van der Waals surface area contributed by atoms with Gasteiger partial charge in [0, 0.05) is 0 Å². The van der Waals surface area contributed by atoms with Crippen molar-refractivity contribution < 1.29 is 4.39 Å². The number of benzene rings is 1. The zero-order chi connectivity index (χ0) is 15.1. The number of rotatable bonds is 4. The van der Waals surface area contributed by atoms with Crippen molar-refractivity contribution in [3.63, 3.8) is 0 Å². The first-order chi connectivity index (χ1) is 10.7. The van der Waals surface area contributed by atoms with E-state index in [0.29, 0.717) is 24.7 Å². The Morgan fingerprint density at radius 2 is 2.09 bits per heavy atom. The van der Waals surface area contributed by atoms with E-state index >= 15 is 0 Å². The van der Waals surface area contributed by atoms with Gasteiger partial charge < -0.3 is 5.73 Å². The van der Waals surface area contributed by atoms with Crippen LogP contribution in [0.2, 0.25) is 0 Å². The Kier molecular flexibility index (Phi) is 3.03. The van der Waals surface area contributed by atoms with Gasteiger partial charge in [-0.15, -0.1) is 0 Å². The van der Waals surface area contributed by atoms with Crippen LogP contribution in [0.4, 0.5) is 10.2 Å². The molecule has 112 valence electrons. The second-order valence-corrected chi connectivity index (χ2v) is 5.71. The van der Waals surface area contributed by atoms with Gasteiger partial charge >= 0.3 is 0 Å². The molecule has 1 aromatic carbocycles. The maximum Gasteiger partial charge on any atom is 0.163 e. The molecule has 1 fully saturated rings. The van der Waals surface area contributed by atoms with E-state index in [1.54, 1.807) is 12.1 Å². The molecule has 3 aromatic rings. The Balaban J connectivity index is 1.69. The van der Waals surface area contributed by atoms with Crippen LogP contribution >= 0.6 is 0 Å². The number of aromatic nitrogens is 4. The van der Waals surface area contributed by atoms with E-state index in [2.05, 4.69) is 9.97 Å². The Bertz CT molecular complexity index is 838. The molecule has 1 aliphatic carbocycles. The molecule has 2 N–H and O–H groups in total. The van der Waals surface area contributed by atoms with Gasteiger partial charge in [-0.1, -0.05) is 12.1 Å². The zero-order valence-corrected chi connectivity index (χ0v) is 12.0. The summed E-state index contributed by atoms with van der Waals surface area (Å²) in [4.78, 5) is 8.43. The Morgan fingerprint density at radius 1 is 1.23 bits per heavy atom. The number of hydrogen-bond acceptors (Lipinski definition) is 4. The largest absolute Gasteiger partial charge is 0.383 e. The highest BCUT2D eigenvalue weighted by Gasteiger charge is 2.28. The standard InChI is InChI=1S/C16H16FN5/c17-11-3-1-2-10(8-11)4-7-13-14-15(18)19-9-20-16(14)22(21-13)12-5-6-12/h1-3,8-9,12H,4-7H2,(H2,18,19,20). The maximum atomic E-state index is 13.3. The molecule has 2 heterocycles. The second-order valence-electron chi connectivity index (χ2n) is 5.71. The van der Waals surface area contributed by atoms with Gasteiger partial charge in [-0.2, -0.15) is 5.10 Å². The molecule has 1 saturated carbocycles. The smallest absolute Gasteiger partial charge is 0.163 e. The SMILES string of the molecule is Nc1ncnc2c1c(CCc1cccc(F)c1)nn2C1CC1. The highest BCUT2D eigenvalue weighted by atomic mass is 19.1. The van der Waals surface area contributed by atoms with Gasteiger partial charge in [-0.25, -0.2) is 19.0 Å². The van der Waals surface area contributed by atoms with Crippen molar-refractivity contribution in [2.24, 2.45) is 0 Å². The first-order valence-corrected chi connectivity index (χ1v) is 7.44. The van der Waals surface area contributed by atoms with Crippen LogP contribution in [-0.4, -0.2) is 19.7 Å². The van der Waals surface area contributed by atoms with Gasteiger partial charge in [0.1, 0.15) is 18.0 Å². The Labute approximate surface area is 127 Å². The van der Waals surface area contributed by atoms with Crippen LogP contribution in [0.1, 0.15) is 30.1 Å². The fraction of sp³-hybridized carbons (Fsp3) is 0.312. The highest BCUT2D eigenvalue weighted by Crippen LogP contribution is 2.37. The molecule has 5 nitrogen and oxygen atoms in total. The summed E-state index contributed by atoms with van der Waals surface area (Å²) < 4.78 is 15.2. The molecule has 0 amide bonds. The quantitative estimate of drug-likeness (QED) is 0.803. The molecule has 6 heteroatoms. The molecule has 4 rings (SSSR count). The van der Waals surface area contributed by atoms with Gasteiger partial charge in [0.05, 0.1) is 17.1 Å². The first-order valence-electron chi connectivity index (χ1n) is 7.44. The minimum atomic E-state index is -0.214. The van der Waals surface area contributed by atoms with Gasteiger partial charge in [-0.05, 0) is 43.4 Å². The van der Waals surface area contributed by atoms with Crippen molar-refractivity contribution in [1.82, 2.24) is 19.7 Å². The van der Waals surface area contributed by atoms with Crippen LogP contribution in [-0.2, 0) is 12.8 Å². The minimum Gasteiger partial charge on any atom is -0.383 e. The summed E-state index contributed by atoms with van der Waals surface area (Å²) in [7, 11) is 0. The van der Waals surface area contributed by atoms with E-state index in [0.717, 1.165) is 35.1 Å². The van der Waals surface area contributed by atoms with Crippen LogP contribution in [0, 0.1) is 5.82 Å². The maximum absolute atomic E-state index is 13.3. The van der Waals surface area contributed by atoms with Gasteiger partial charge in [0.25, 0.3) is 0 Å². The average molecular weight is 297 g/mol. The Hall–Kier alpha value is -2.50. The van der Waals surface area contributed by atoms with E-state index < -0.39 is 0 Å². The number of halogens is 1. The number of nitrogen functional groups attached to an aromatic ring is 1. The van der Waals surface area contributed by atoms with E-state index in [9.17, 15) is 4.39 Å². The third kappa shape index (κ3) is 2.30. The molecule has 0 bridgehead atoms. The first kappa shape index (κ1) is 13.2. The molecule has 0 atom stereocenters. The number of nitrogens with two attached hydrogens (primary N) is 1. The van der Waals surface area contributed by atoms with Crippen molar-refractivity contribution >= 4 is 16.9 Å². The van der Waals surface area contributed by atoms with E-state index in [1.165, 1.54) is 12.4 Å². The lowest BCUT2D eigenvalue weighted by Crippen LogP contribution is -1.99. The van der Waals surface area contributed by atoms with E-state index in [4.69, 9.17) is 10.8 Å². The molecule has 0 spiro atoms. The van der Waals surface area contributed by atoms with Crippen LogP contribution in [0.15, 0.2) is 30.6 Å². The van der Waals surface area contributed by atoms with Crippen molar-refractivity contribution in [3.8, 4) is 0 Å². The summed E-state index contributed by atoms with van der Waals surface area (Å²) >= 11 is 0. The fourth-order valence-electron chi connectivity index (χ4n) is 2.77. The average Bonchev–Trinajstić information content (AvgIpc) is 3.27. The number of nitrogens with zero attached hydrogens (tertiary/aromatic N) is 4. The summed E-state index contributed by atoms with van der Waals surface area (Å²) in [5.41, 5.74) is 8.67. The molecule has 0 radical (unpaired) electrons. The second kappa shape index (κ2) is 5.05. The third-order valence-corrected chi connectivity index (χ3v) is 4.02. The molecule has 0 aliphatic heterocycles. The van der Waals surface area contributed by atoms with Gasteiger partial charge in [0.2, 0.25) is 0 Å². The highest BCUT2D eigenvalue weighted by molar-refractivity contribution is 5.88. The van der Waals surface area contributed by atoms with Crippen LogP contribution in [0.5, 0.6) is 0 Å². The molecular formula is C16H16FN5. The summed E-state index contributed by atoms with van der Waals surface area (Å²) in [5, 5.41) is 5.53. The monoisotopic (exact) mass is 297 g/mol. The number of aryl methyl sites for hydroxylation is 2. The van der Waals surface area contributed by atoms with Crippen molar-refractivity contribution in [2.75, 3.05) is 5.73 Å². The molecule has 22 heavy (non-hydrogen) atoms. The fourth-order valence-corrected chi connectivity index (χ4v) is 2.77. The Morgan fingerprint density at radius 3 is 2.86 bits per heavy atom. The predicted molar refractivity (Wildman–Crippen MR) is 81.8 cm³/mol. The van der Waals surface area contributed by atoms with Gasteiger partial charge in [0.15, 0.2) is 5.65 Å². The topological polar surface area (TPSA) is 69.6 Å². The molecular weight excluding hydrogens is 281 g/mol. The van der Waals surface area contributed by atoms with Crippen molar-refractivity contribution in [1.29, 1.82) is 0 Å². The summed E-state index contributed by atoms with van der Waals surface area (Å²) in [5.74, 6) is 0.250. The summed E-state index contributed by atoms with van der Waals surface area (Å²) in [6.07, 6.45) is 5.14. The molecule has 1 aliphatic rings. The molecule has 2 aromatic heterocycles. The van der Waals surface area contributed by atoms with Crippen molar-refractivity contribution in [2.45, 2.75) is 31.7 Å². The summed E-state index contributed by atoms with van der Waals surface area (Å²) in [6, 6.07) is 7.08. The van der Waals surface area contributed by atoms with Crippen LogP contribution in [0.3, 0.4) is 0 Å². The normalized spacial score (nSPS) is 14.6. The minimum absolute atomic E-state index is 0.214. The number of fused-ring (bicyclic) bond motifs is 1. The van der Waals surface area contributed by atoms with Gasteiger partial charge in [-0.3, -0.25) is 0 Å². The molecule has 0 saturated heterocycles.